The van der Waals surface area contributed by atoms with Crippen molar-refractivity contribution in [3.8, 4) is 11.5 Å². The first-order valence-electron chi connectivity index (χ1n) is 16.1. The topological polar surface area (TPSA) is 73.9 Å². The highest BCUT2D eigenvalue weighted by molar-refractivity contribution is 5.60. The Morgan fingerprint density at radius 2 is 1.56 bits per heavy atom. The monoisotopic (exact) mass is 597 g/mol. The molecule has 0 spiro atoms. The summed E-state index contributed by atoms with van der Waals surface area (Å²) in [6.45, 7) is 9.96. The lowest BCUT2D eigenvalue weighted by Gasteiger charge is -2.41. The number of hydrogen-bond donors (Lipinski definition) is 1. The predicted octanol–water partition coefficient (Wildman–Crippen LogP) is 3.96. The van der Waals surface area contributed by atoms with E-state index >= 15 is 0 Å². The zero-order valence-electron chi connectivity index (χ0n) is 26.1. The number of piperidine rings is 1. The highest BCUT2D eigenvalue weighted by atomic mass is 16.5. The number of para-hydroxylation sites is 2. The Morgan fingerprint density at radius 3 is 2.35 bits per heavy atom. The van der Waals surface area contributed by atoms with Crippen LogP contribution in [0.5, 0.6) is 11.5 Å². The number of fused-ring (bicyclic) bond motifs is 1. The van der Waals surface area contributed by atoms with Gasteiger partial charge in [-0.15, -0.1) is 0 Å². The second-order valence-electron chi connectivity index (χ2n) is 11.8. The molecule has 9 heteroatoms. The zero-order valence-corrected chi connectivity index (χ0v) is 26.1. The van der Waals surface area contributed by atoms with Gasteiger partial charge in [0.1, 0.15) is 17.6 Å². The van der Waals surface area contributed by atoms with Crippen LogP contribution < -0.4 is 19.7 Å². The average molecular weight is 598 g/mol. The van der Waals surface area contributed by atoms with Crippen molar-refractivity contribution in [3.05, 3.63) is 54.1 Å². The molecule has 9 nitrogen and oxygen atoms in total. The fraction of sp³-hybridized carbons (Fsp3) is 0.647. The minimum Gasteiger partial charge on any atom is -0.494 e. The van der Waals surface area contributed by atoms with E-state index in [1.807, 2.05) is 6.07 Å². The molecule has 2 aromatic carbocycles. The highest BCUT2D eigenvalue weighted by Gasteiger charge is 2.37. The minimum absolute atomic E-state index is 0.0216. The van der Waals surface area contributed by atoms with Gasteiger partial charge < -0.3 is 43.5 Å². The molecule has 238 valence electrons. The van der Waals surface area contributed by atoms with Gasteiger partial charge in [-0.05, 0) is 62.2 Å². The Bertz CT molecular complexity index is 1070. The maximum atomic E-state index is 6.74. The SMILES string of the molecule is COCCCOc1ccc([C@H]2[C@@H](OCC3CN(CCCOC)c4ccccc4O3)CNC[C@H]2OCCN2CCCC2)cc1. The van der Waals surface area contributed by atoms with Gasteiger partial charge in [0.05, 0.1) is 44.3 Å². The lowest BCUT2D eigenvalue weighted by atomic mass is 9.85. The molecule has 2 aromatic rings. The van der Waals surface area contributed by atoms with Crippen LogP contribution >= 0.6 is 0 Å². The molecule has 2 fully saturated rings. The summed E-state index contributed by atoms with van der Waals surface area (Å²) in [5.74, 6) is 1.90. The lowest BCUT2D eigenvalue weighted by molar-refractivity contribution is -0.0718. The molecule has 3 aliphatic heterocycles. The Morgan fingerprint density at radius 1 is 0.814 bits per heavy atom. The van der Waals surface area contributed by atoms with Crippen molar-refractivity contribution in [2.75, 3.05) is 98.0 Å². The molecule has 0 radical (unpaired) electrons. The number of rotatable bonds is 17. The summed E-state index contributed by atoms with van der Waals surface area (Å²) in [6, 6.07) is 16.8. The predicted molar refractivity (Wildman–Crippen MR) is 169 cm³/mol. The van der Waals surface area contributed by atoms with E-state index in [0.717, 1.165) is 76.0 Å². The van der Waals surface area contributed by atoms with E-state index in [0.29, 0.717) is 19.8 Å². The van der Waals surface area contributed by atoms with E-state index < -0.39 is 0 Å². The molecule has 1 N–H and O–H groups in total. The van der Waals surface area contributed by atoms with Crippen LogP contribution in [0.3, 0.4) is 0 Å². The summed E-state index contributed by atoms with van der Waals surface area (Å²) in [5.41, 5.74) is 2.36. The van der Waals surface area contributed by atoms with Crippen LogP contribution in [0.1, 0.15) is 37.2 Å². The van der Waals surface area contributed by atoms with Gasteiger partial charge >= 0.3 is 0 Å². The fourth-order valence-corrected chi connectivity index (χ4v) is 6.44. The number of ether oxygens (including phenoxy) is 6. The molecular formula is C34H51N3O6. The van der Waals surface area contributed by atoms with Gasteiger partial charge in [0.2, 0.25) is 0 Å². The number of likely N-dealkylation sites (tertiary alicyclic amines) is 1. The van der Waals surface area contributed by atoms with Crippen molar-refractivity contribution < 1.29 is 28.4 Å². The van der Waals surface area contributed by atoms with Crippen molar-refractivity contribution in [2.45, 2.75) is 49.9 Å². The summed E-state index contributed by atoms with van der Waals surface area (Å²) >= 11 is 0. The van der Waals surface area contributed by atoms with Gasteiger partial charge in [0, 0.05) is 66.0 Å². The third kappa shape index (κ3) is 9.30. The maximum Gasteiger partial charge on any atom is 0.143 e. The Balaban J connectivity index is 1.24. The summed E-state index contributed by atoms with van der Waals surface area (Å²) in [6.07, 6.45) is 4.34. The second-order valence-corrected chi connectivity index (χ2v) is 11.8. The van der Waals surface area contributed by atoms with Crippen LogP contribution in [-0.2, 0) is 18.9 Å². The summed E-state index contributed by atoms with van der Waals surface area (Å²) in [5, 5.41) is 3.60. The molecule has 0 bridgehead atoms. The normalized spacial score (nSPS) is 24.1. The molecule has 0 aliphatic carbocycles. The molecule has 0 saturated carbocycles. The van der Waals surface area contributed by atoms with E-state index in [1.165, 1.54) is 31.5 Å². The van der Waals surface area contributed by atoms with E-state index in [9.17, 15) is 0 Å². The number of nitrogens with one attached hydrogen (secondary N) is 1. The van der Waals surface area contributed by atoms with E-state index in [4.69, 9.17) is 28.4 Å². The highest BCUT2D eigenvalue weighted by Crippen LogP contribution is 2.35. The molecule has 3 heterocycles. The zero-order chi connectivity index (χ0) is 29.7. The van der Waals surface area contributed by atoms with Crippen LogP contribution in [0.25, 0.3) is 0 Å². The number of anilines is 1. The van der Waals surface area contributed by atoms with Crippen molar-refractivity contribution in [1.29, 1.82) is 0 Å². The minimum atomic E-state index is -0.0579. The molecule has 1 unspecified atom stereocenters. The summed E-state index contributed by atoms with van der Waals surface area (Å²) in [7, 11) is 3.47. The molecule has 4 atom stereocenters. The van der Waals surface area contributed by atoms with Crippen molar-refractivity contribution in [1.82, 2.24) is 10.2 Å². The summed E-state index contributed by atoms with van der Waals surface area (Å²) in [4.78, 5) is 4.91. The second kappa shape index (κ2) is 17.2. The van der Waals surface area contributed by atoms with Crippen LogP contribution in [0.4, 0.5) is 5.69 Å². The first-order valence-corrected chi connectivity index (χ1v) is 16.1. The van der Waals surface area contributed by atoms with Gasteiger partial charge in [-0.3, -0.25) is 0 Å². The van der Waals surface area contributed by atoms with Crippen molar-refractivity contribution in [2.24, 2.45) is 0 Å². The van der Waals surface area contributed by atoms with Crippen molar-refractivity contribution in [3.63, 3.8) is 0 Å². The first-order chi connectivity index (χ1) is 21.2. The molecular weight excluding hydrogens is 546 g/mol. The van der Waals surface area contributed by atoms with Gasteiger partial charge in [-0.1, -0.05) is 24.3 Å². The lowest BCUT2D eigenvalue weighted by Crippen LogP contribution is -2.52. The maximum absolute atomic E-state index is 6.74. The molecule has 2 saturated heterocycles. The number of benzene rings is 2. The standard InChI is InChI=1S/C34H51N3O6/c1-38-19-7-17-37-25-29(43-31-10-4-3-9-30(31)37)26-42-33-24-35-23-32(41-22-18-36-15-5-6-16-36)34(33)27-11-13-28(14-12-27)40-21-8-20-39-2/h3-4,9-14,29,32-35H,5-8,15-26H2,1-2H3/t29?,32-,33+,34-/m1/s1. The molecule has 5 rings (SSSR count). The van der Waals surface area contributed by atoms with Crippen LogP contribution in [0.15, 0.2) is 48.5 Å². The molecule has 43 heavy (non-hydrogen) atoms. The number of methoxy groups -OCH3 is 2. The molecule has 3 aliphatic rings. The Kier molecular flexibility index (Phi) is 12.8. The third-order valence-electron chi connectivity index (χ3n) is 8.65. The largest absolute Gasteiger partial charge is 0.494 e. The molecule has 0 aromatic heterocycles. The van der Waals surface area contributed by atoms with E-state index in [1.54, 1.807) is 14.2 Å². The quantitative estimate of drug-likeness (QED) is 0.273. The van der Waals surface area contributed by atoms with Crippen LogP contribution in [0, 0.1) is 0 Å². The molecule has 0 amide bonds. The smallest absolute Gasteiger partial charge is 0.143 e. The Labute approximate surface area is 257 Å². The Hall–Kier alpha value is -2.40. The van der Waals surface area contributed by atoms with Gasteiger partial charge in [-0.2, -0.15) is 0 Å². The van der Waals surface area contributed by atoms with E-state index in [2.05, 4.69) is 57.6 Å². The van der Waals surface area contributed by atoms with Crippen molar-refractivity contribution >= 4 is 5.69 Å². The van der Waals surface area contributed by atoms with Crippen LogP contribution in [0.2, 0.25) is 0 Å². The number of nitrogens with zero attached hydrogens (tertiary/aromatic N) is 2. The first kappa shape index (κ1) is 32.0. The van der Waals surface area contributed by atoms with Gasteiger partial charge in [-0.25, -0.2) is 0 Å². The average Bonchev–Trinajstić information content (AvgIpc) is 3.56. The van der Waals surface area contributed by atoms with Gasteiger partial charge in [0.25, 0.3) is 0 Å². The third-order valence-corrected chi connectivity index (χ3v) is 8.65. The summed E-state index contributed by atoms with van der Waals surface area (Å²) < 4.78 is 36.2. The van der Waals surface area contributed by atoms with Crippen LogP contribution in [-0.4, -0.2) is 116 Å². The fourth-order valence-electron chi connectivity index (χ4n) is 6.44. The number of hydrogen-bond acceptors (Lipinski definition) is 9. The van der Waals surface area contributed by atoms with Gasteiger partial charge in [0.15, 0.2) is 0 Å². The van der Waals surface area contributed by atoms with E-state index in [-0.39, 0.29) is 24.2 Å².